The maximum atomic E-state index is 12.7. The van der Waals surface area contributed by atoms with Crippen molar-refractivity contribution < 1.29 is 9.53 Å². The molecule has 0 atom stereocenters. The molecule has 1 aromatic carbocycles. The summed E-state index contributed by atoms with van der Waals surface area (Å²) in [6.45, 7) is 5.78. The number of benzene rings is 1. The van der Waals surface area contributed by atoms with Crippen molar-refractivity contribution in [3.05, 3.63) is 40.5 Å². The number of nitrogens with one attached hydrogen (secondary N) is 4. The Hall–Kier alpha value is -2.63. The number of aromatic nitrogens is 3. The van der Waals surface area contributed by atoms with Crippen molar-refractivity contribution >= 4 is 43.8 Å². The van der Waals surface area contributed by atoms with Crippen LogP contribution in [0.5, 0.6) is 0 Å². The number of methoxy groups -OCH3 is 1. The van der Waals surface area contributed by atoms with E-state index < -0.39 is 0 Å². The number of carbonyl (C=O) groups is 1. The number of hydrogen-bond donors (Lipinski definition) is 4. The van der Waals surface area contributed by atoms with Gasteiger partial charge in [0.05, 0.1) is 23.0 Å². The number of ether oxygens (including phenoxy) is 1. The van der Waals surface area contributed by atoms with Gasteiger partial charge in [-0.15, -0.1) is 22.7 Å². The number of amides is 1. The van der Waals surface area contributed by atoms with Crippen molar-refractivity contribution in [3.8, 4) is 21.7 Å². The number of anilines is 1. The fourth-order valence-corrected chi connectivity index (χ4v) is 6.56. The summed E-state index contributed by atoms with van der Waals surface area (Å²) in [5, 5.41) is 18.9. The van der Waals surface area contributed by atoms with Crippen molar-refractivity contribution in [1.29, 1.82) is 0 Å². The predicted molar refractivity (Wildman–Crippen MR) is 139 cm³/mol. The summed E-state index contributed by atoms with van der Waals surface area (Å²) in [6, 6.07) is 6.34. The Bertz CT molecular complexity index is 1310. The standard InChI is InChI=1S/C24H28N6O2S2/c1-14-17(12-27-30-14)15-3-4-18-19(11-15)33-23(28-18)22-16-5-7-26-13-20(16)34-24(22)29-21(31)6-8-25-9-10-32-2/h3-4,11-12,25-26H,5-10,13H2,1-2H3,(H,27,30)(H,29,31). The number of H-pyrrole nitrogens is 1. The molecule has 0 radical (unpaired) electrons. The van der Waals surface area contributed by atoms with Crippen LogP contribution in [-0.2, 0) is 22.5 Å². The molecule has 0 saturated carbocycles. The number of thiophene rings is 1. The summed E-state index contributed by atoms with van der Waals surface area (Å²) in [4.78, 5) is 19.0. The number of nitrogens with zero attached hydrogens (tertiary/aromatic N) is 2. The lowest BCUT2D eigenvalue weighted by molar-refractivity contribution is -0.116. The molecule has 1 amide bonds. The van der Waals surface area contributed by atoms with Crippen molar-refractivity contribution in [2.45, 2.75) is 26.3 Å². The number of aromatic amines is 1. The highest BCUT2D eigenvalue weighted by atomic mass is 32.1. The van der Waals surface area contributed by atoms with Gasteiger partial charge >= 0.3 is 0 Å². The molecule has 8 nitrogen and oxygen atoms in total. The van der Waals surface area contributed by atoms with E-state index in [0.29, 0.717) is 19.6 Å². The van der Waals surface area contributed by atoms with Crippen LogP contribution in [0.2, 0.25) is 0 Å². The number of carbonyl (C=O) groups excluding carboxylic acids is 1. The molecule has 0 bridgehead atoms. The van der Waals surface area contributed by atoms with Gasteiger partial charge in [0.15, 0.2) is 0 Å². The lowest BCUT2D eigenvalue weighted by atomic mass is 10.0. The molecule has 1 aliphatic rings. The first kappa shape index (κ1) is 23.1. The number of rotatable bonds is 9. The molecule has 0 aliphatic carbocycles. The predicted octanol–water partition coefficient (Wildman–Crippen LogP) is 3.93. The van der Waals surface area contributed by atoms with E-state index in [4.69, 9.17) is 9.72 Å². The fraction of sp³-hybridized carbons (Fsp3) is 0.375. The number of fused-ring (bicyclic) bond motifs is 2. The van der Waals surface area contributed by atoms with E-state index >= 15 is 0 Å². The van der Waals surface area contributed by atoms with Gasteiger partial charge in [0.2, 0.25) is 5.91 Å². The molecule has 0 unspecified atom stereocenters. The van der Waals surface area contributed by atoms with Gasteiger partial charge in [0, 0.05) is 54.9 Å². The zero-order valence-electron chi connectivity index (χ0n) is 19.3. The molecule has 1 aliphatic heterocycles. The molecule has 0 fully saturated rings. The van der Waals surface area contributed by atoms with Crippen LogP contribution in [0.1, 0.15) is 22.6 Å². The Kier molecular flexibility index (Phi) is 7.02. The molecule has 4 heterocycles. The van der Waals surface area contributed by atoms with Crippen LogP contribution >= 0.6 is 22.7 Å². The monoisotopic (exact) mass is 496 g/mol. The van der Waals surface area contributed by atoms with Gasteiger partial charge in [-0.1, -0.05) is 6.07 Å². The van der Waals surface area contributed by atoms with Gasteiger partial charge in [-0.05, 0) is 43.1 Å². The van der Waals surface area contributed by atoms with E-state index in [9.17, 15) is 4.79 Å². The Labute approximate surface area is 206 Å². The van der Waals surface area contributed by atoms with Crippen LogP contribution in [0.25, 0.3) is 31.9 Å². The first-order chi connectivity index (χ1) is 16.6. The second kappa shape index (κ2) is 10.3. The Morgan fingerprint density at radius 2 is 2.18 bits per heavy atom. The summed E-state index contributed by atoms with van der Waals surface area (Å²) >= 11 is 3.35. The zero-order chi connectivity index (χ0) is 23.5. The maximum Gasteiger partial charge on any atom is 0.226 e. The van der Waals surface area contributed by atoms with Gasteiger partial charge in [0.1, 0.15) is 10.0 Å². The smallest absolute Gasteiger partial charge is 0.226 e. The third-order valence-electron chi connectivity index (χ3n) is 5.94. The van der Waals surface area contributed by atoms with E-state index in [1.54, 1.807) is 29.8 Å². The van der Waals surface area contributed by atoms with E-state index in [0.717, 1.165) is 68.7 Å². The quantitative estimate of drug-likeness (QED) is 0.262. The number of thiazole rings is 1. The van der Waals surface area contributed by atoms with Crippen molar-refractivity contribution in [1.82, 2.24) is 25.8 Å². The van der Waals surface area contributed by atoms with Gasteiger partial charge in [-0.2, -0.15) is 5.10 Å². The second-order valence-corrected chi connectivity index (χ2v) is 10.4. The lowest BCUT2D eigenvalue weighted by Gasteiger charge is -2.13. The third kappa shape index (κ3) is 4.77. The Morgan fingerprint density at radius 1 is 1.26 bits per heavy atom. The highest BCUT2D eigenvalue weighted by molar-refractivity contribution is 7.23. The van der Waals surface area contributed by atoms with Gasteiger partial charge < -0.3 is 20.7 Å². The highest BCUT2D eigenvalue weighted by Gasteiger charge is 2.25. The molecule has 4 aromatic rings. The maximum absolute atomic E-state index is 12.7. The molecular formula is C24H28N6O2S2. The molecule has 178 valence electrons. The van der Waals surface area contributed by atoms with E-state index in [1.165, 1.54) is 10.4 Å². The van der Waals surface area contributed by atoms with Gasteiger partial charge in [0.25, 0.3) is 0 Å². The van der Waals surface area contributed by atoms with E-state index in [1.807, 2.05) is 13.1 Å². The molecule has 5 rings (SSSR count). The minimum atomic E-state index is 0.0107. The van der Waals surface area contributed by atoms with E-state index in [2.05, 4.69) is 44.3 Å². The SMILES string of the molecule is COCCNCCC(=O)Nc1sc2c(c1-c1nc3ccc(-c4cn[nH]c4C)cc3s1)CCNC2. The summed E-state index contributed by atoms with van der Waals surface area (Å²) in [5.74, 6) is 0.0107. The van der Waals surface area contributed by atoms with Gasteiger partial charge in [-0.3, -0.25) is 9.89 Å². The van der Waals surface area contributed by atoms with Crippen LogP contribution in [0.3, 0.4) is 0 Å². The Morgan fingerprint density at radius 3 is 3.00 bits per heavy atom. The molecule has 4 N–H and O–H groups in total. The first-order valence-corrected chi connectivity index (χ1v) is 13.0. The highest BCUT2D eigenvalue weighted by Crippen LogP contribution is 2.45. The molecular weight excluding hydrogens is 468 g/mol. The van der Waals surface area contributed by atoms with Crippen LogP contribution in [0.15, 0.2) is 24.4 Å². The minimum Gasteiger partial charge on any atom is -0.383 e. The molecule has 10 heteroatoms. The second-order valence-electron chi connectivity index (χ2n) is 8.29. The van der Waals surface area contributed by atoms with Crippen LogP contribution in [-0.4, -0.2) is 54.4 Å². The topological polar surface area (TPSA) is 104 Å². The summed E-state index contributed by atoms with van der Waals surface area (Å²) in [7, 11) is 1.67. The number of aryl methyl sites for hydroxylation is 1. The normalized spacial score (nSPS) is 13.4. The summed E-state index contributed by atoms with van der Waals surface area (Å²) in [6.07, 6.45) is 3.21. The van der Waals surface area contributed by atoms with Crippen molar-refractivity contribution in [2.24, 2.45) is 0 Å². The van der Waals surface area contributed by atoms with E-state index in [-0.39, 0.29) is 5.91 Å². The average molecular weight is 497 g/mol. The Balaban J connectivity index is 1.43. The number of hydrogen-bond acceptors (Lipinski definition) is 8. The molecule has 0 saturated heterocycles. The van der Waals surface area contributed by atoms with Gasteiger partial charge in [-0.25, -0.2) is 4.98 Å². The van der Waals surface area contributed by atoms with Crippen LogP contribution in [0.4, 0.5) is 5.00 Å². The zero-order valence-corrected chi connectivity index (χ0v) is 20.9. The fourth-order valence-electron chi connectivity index (χ4n) is 4.18. The first-order valence-electron chi connectivity index (χ1n) is 11.4. The minimum absolute atomic E-state index is 0.0107. The molecule has 0 spiro atoms. The average Bonchev–Trinajstić information content (AvgIpc) is 3.54. The molecule has 34 heavy (non-hydrogen) atoms. The summed E-state index contributed by atoms with van der Waals surface area (Å²) in [5.41, 5.74) is 6.64. The van der Waals surface area contributed by atoms with Crippen LogP contribution < -0.4 is 16.0 Å². The largest absolute Gasteiger partial charge is 0.383 e. The summed E-state index contributed by atoms with van der Waals surface area (Å²) < 4.78 is 6.16. The third-order valence-corrected chi connectivity index (χ3v) is 8.12. The van der Waals surface area contributed by atoms with Crippen molar-refractivity contribution in [2.75, 3.05) is 38.7 Å². The molecule has 3 aromatic heterocycles. The lowest BCUT2D eigenvalue weighted by Crippen LogP contribution is -2.24. The van der Waals surface area contributed by atoms with Crippen molar-refractivity contribution in [3.63, 3.8) is 0 Å². The van der Waals surface area contributed by atoms with Crippen LogP contribution in [0, 0.1) is 6.92 Å².